The van der Waals surface area contributed by atoms with Crippen LogP contribution in [0.25, 0.3) is 17.4 Å². The standard InChI is InChI=1S/C21H12F3N3O4/c22-21(23,24)17-6-1-2-7-18(17)26-20(28)14(12-25)11-16-8-9-19(31-16)13-4-3-5-15(10-13)27(29)30/h1-11H,(H,26,28)/b14-11+. The Hall–Kier alpha value is -4.39. The average molecular weight is 427 g/mol. The van der Waals surface area contributed by atoms with Crippen molar-refractivity contribution in [2.75, 3.05) is 5.32 Å². The number of benzene rings is 2. The van der Waals surface area contributed by atoms with E-state index in [9.17, 15) is 33.3 Å². The summed E-state index contributed by atoms with van der Waals surface area (Å²) in [6.45, 7) is 0. The third kappa shape index (κ3) is 4.97. The highest BCUT2D eigenvalue weighted by Crippen LogP contribution is 2.34. The van der Waals surface area contributed by atoms with Crippen molar-refractivity contribution in [2.45, 2.75) is 6.18 Å². The molecule has 0 aliphatic rings. The topological polar surface area (TPSA) is 109 Å². The van der Waals surface area contributed by atoms with Crippen LogP contribution in [0.2, 0.25) is 0 Å². The Morgan fingerprint density at radius 2 is 1.87 bits per heavy atom. The maximum atomic E-state index is 13.1. The molecule has 31 heavy (non-hydrogen) atoms. The van der Waals surface area contributed by atoms with Crippen LogP contribution in [-0.2, 0) is 11.0 Å². The van der Waals surface area contributed by atoms with E-state index in [1.165, 1.54) is 42.5 Å². The molecule has 0 bridgehead atoms. The van der Waals surface area contributed by atoms with Crippen LogP contribution in [0.5, 0.6) is 0 Å². The molecule has 0 aliphatic carbocycles. The number of nitro benzene ring substituents is 1. The van der Waals surface area contributed by atoms with E-state index in [0.717, 1.165) is 18.2 Å². The Morgan fingerprint density at radius 1 is 1.13 bits per heavy atom. The van der Waals surface area contributed by atoms with Gasteiger partial charge in [-0.1, -0.05) is 24.3 Å². The molecule has 0 saturated carbocycles. The molecule has 0 saturated heterocycles. The number of halogens is 3. The number of para-hydroxylation sites is 1. The number of nitriles is 1. The van der Waals surface area contributed by atoms with Gasteiger partial charge < -0.3 is 9.73 Å². The molecule has 10 heteroatoms. The summed E-state index contributed by atoms with van der Waals surface area (Å²) in [5.74, 6) is -0.736. The minimum atomic E-state index is -4.69. The molecule has 1 N–H and O–H groups in total. The molecular formula is C21H12F3N3O4. The molecule has 3 aromatic rings. The van der Waals surface area contributed by atoms with E-state index >= 15 is 0 Å². The molecule has 0 spiro atoms. The highest BCUT2D eigenvalue weighted by Gasteiger charge is 2.33. The van der Waals surface area contributed by atoms with Crippen molar-refractivity contribution >= 4 is 23.4 Å². The summed E-state index contributed by atoms with van der Waals surface area (Å²) < 4.78 is 44.8. The maximum absolute atomic E-state index is 13.1. The van der Waals surface area contributed by atoms with Gasteiger partial charge in [-0.05, 0) is 24.3 Å². The first-order valence-electron chi connectivity index (χ1n) is 8.63. The molecular weight excluding hydrogens is 415 g/mol. The summed E-state index contributed by atoms with van der Waals surface area (Å²) in [7, 11) is 0. The van der Waals surface area contributed by atoms with Crippen molar-refractivity contribution in [3.8, 4) is 17.4 Å². The summed E-state index contributed by atoms with van der Waals surface area (Å²) in [6.07, 6.45) is -3.62. The fraction of sp³-hybridized carbons (Fsp3) is 0.0476. The quantitative estimate of drug-likeness (QED) is 0.253. The van der Waals surface area contributed by atoms with Crippen LogP contribution in [0.3, 0.4) is 0 Å². The smallest absolute Gasteiger partial charge is 0.418 e. The molecule has 0 fully saturated rings. The minimum absolute atomic E-state index is 0.0670. The van der Waals surface area contributed by atoms with Crippen LogP contribution in [0.4, 0.5) is 24.5 Å². The number of carbonyl (C=O) groups excluding carboxylic acids is 1. The van der Waals surface area contributed by atoms with Gasteiger partial charge in [-0.15, -0.1) is 0 Å². The lowest BCUT2D eigenvalue weighted by molar-refractivity contribution is -0.384. The van der Waals surface area contributed by atoms with Crippen LogP contribution in [0.1, 0.15) is 11.3 Å². The lowest BCUT2D eigenvalue weighted by atomic mass is 10.1. The Labute approximate surface area is 173 Å². The normalized spacial score (nSPS) is 11.6. The van der Waals surface area contributed by atoms with Crippen LogP contribution in [0.15, 0.2) is 70.7 Å². The first kappa shape index (κ1) is 21.3. The molecule has 156 valence electrons. The SMILES string of the molecule is N#C/C(=C\c1ccc(-c2cccc([N+](=O)[O-])c2)o1)C(=O)Nc1ccccc1C(F)(F)F. The second kappa shape index (κ2) is 8.54. The summed E-state index contributed by atoms with van der Waals surface area (Å²) in [5, 5.41) is 22.2. The third-order valence-electron chi connectivity index (χ3n) is 4.10. The number of nitrogens with zero attached hydrogens (tertiary/aromatic N) is 2. The number of anilines is 1. The van der Waals surface area contributed by atoms with E-state index in [-0.39, 0.29) is 17.2 Å². The van der Waals surface area contributed by atoms with Gasteiger partial charge >= 0.3 is 6.18 Å². The van der Waals surface area contributed by atoms with E-state index in [0.29, 0.717) is 5.56 Å². The van der Waals surface area contributed by atoms with E-state index in [4.69, 9.17) is 4.42 Å². The molecule has 1 heterocycles. The van der Waals surface area contributed by atoms with Gasteiger partial charge in [-0.2, -0.15) is 18.4 Å². The molecule has 1 amide bonds. The second-order valence-corrected chi connectivity index (χ2v) is 6.18. The highest BCUT2D eigenvalue weighted by molar-refractivity contribution is 6.09. The van der Waals surface area contributed by atoms with Crippen molar-refractivity contribution in [3.05, 3.63) is 87.7 Å². The molecule has 0 atom stereocenters. The Kier molecular flexibility index (Phi) is 5.88. The number of amides is 1. The third-order valence-corrected chi connectivity index (χ3v) is 4.10. The average Bonchev–Trinajstić information content (AvgIpc) is 3.20. The number of rotatable bonds is 5. The monoisotopic (exact) mass is 427 g/mol. The molecule has 1 aromatic heterocycles. The number of carbonyl (C=O) groups is 1. The number of nitrogens with one attached hydrogen (secondary N) is 1. The van der Waals surface area contributed by atoms with E-state index < -0.39 is 33.8 Å². The van der Waals surface area contributed by atoms with Gasteiger partial charge in [0, 0.05) is 23.8 Å². The van der Waals surface area contributed by atoms with Crippen molar-refractivity contribution in [1.29, 1.82) is 5.26 Å². The van der Waals surface area contributed by atoms with Crippen LogP contribution < -0.4 is 5.32 Å². The predicted octanol–water partition coefficient (Wildman–Crippen LogP) is 5.42. The minimum Gasteiger partial charge on any atom is -0.457 e. The second-order valence-electron chi connectivity index (χ2n) is 6.18. The lowest BCUT2D eigenvalue weighted by Gasteiger charge is -2.13. The Balaban J connectivity index is 1.85. The molecule has 2 aromatic carbocycles. The van der Waals surface area contributed by atoms with Gasteiger partial charge in [0.25, 0.3) is 11.6 Å². The first-order valence-corrected chi connectivity index (χ1v) is 8.63. The lowest BCUT2D eigenvalue weighted by Crippen LogP contribution is -2.17. The van der Waals surface area contributed by atoms with E-state index in [1.54, 1.807) is 12.1 Å². The zero-order valence-corrected chi connectivity index (χ0v) is 15.5. The van der Waals surface area contributed by atoms with Crippen molar-refractivity contribution in [3.63, 3.8) is 0 Å². The number of non-ortho nitro benzene ring substituents is 1. The number of furan rings is 1. The van der Waals surface area contributed by atoms with Crippen LogP contribution in [-0.4, -0.2) is 10.8 Å². The van der Waals surface area contributed by atoms with Crippen LogP contribution in [0, 0.1) is 21.4 Å². The molecule has 0 radical (unpaired) electrons. The molecule has 7 nitrogen and oxygen atoms in total. The van der Waals surface area contributed by atoms with Gasteiger partial charge in [0.1, 0.15) is 23.2 Å². The fourth-order valence-corrected chi connectivity index (χ4v) is 2.68. The summed E-state index contributed by atoms with van der Waals surface area (Å²) in [5.41, 5.74) is -1.77. The highest BCUT2D eigenvalue weighted by atomic mass is 19.4. The number of hydrogen-bond acceptors (Lipinski definition) is 5. The van der Waals surface area contributed by atoms with Crippen molar-refractivity contribution in [2.24, 2.45) is 0 Å². The Bertz CT molecular complexity index is 1220. The number of hydrogen-bond donors (Lipinski definition) is 1. The van der Waals surface area contributed by atoms with E-state index in [1.807, 2.05) is 0 Å². The zero-order valence-electron chi connectivity index (χ0n) is 15.5. The van der Waals surface area contributed by atoms with Crippen molar-refractivity contribution < 1.29 is 27.3 Å². The van der Waals surface area contributed by atoms with Gasteiger partial charge in [-0.25, -0.2) is 0 Å². The van der Waals surface area contributed by atoms with Gasteiger partial charge in [0.2, 0.25) is 0 Å². The largest absolute Gasteiger partial charge is 0.457 e. The van der Waals surface area contributed by atoms with E-state index in [2.05, 4.69) is 5.32 Å². The number of alkyl halides is 3. The van der Waals surface area contributed by atoms with Gasteiger partial charge in [0.05, 0.1) is 16.2 Å². The summed E-state index contributed by atoms with van der Waals surface area (Å²) >= 11 is 0. The maximum Gasteiger partial charge on any atom is 0.418 e. The van der Waals surface area contributed by atoms with Crippen LogP contribution >= 0.6 is 0 Å². The summed E-state index contributed by atoms with van der Waals surface area (Å²) in [6, 6.07) is 14.5. The molecule has 0 aliphatic heterocycles. The van der Waals surface area contributed by atoms with Gasteiger partial charge in [0.15, 0.2) is 0 Å². The fourth-order valence-electron chi connectivity index (χ4n) is 2.68. The number of nitro groups is 1. The predicted molar refractivity (Wildman–Crippen MR) is 104 cm³/mol. The van der Waals surface area contributed by atoms with Crippen molar-refractivity contribution in [1.82, 2.24) is 0 Å². The Morgan fingerprint density at radius 3 is 2.55 bits per heavy atom. The first-order chi connectivity index (χ1) is 14.7. The molecule has 3 rings (SSSR count). The van der Waals surface area contributed by atoms with Gasteiger partial charge in [-0.3, -0.25) is 14.9 Å². The molecule has 0 unspecified atom stereocenters. The zero-order chi connectivity index (χ0) is 22.6. The summed E-state index contributed by atoms with van der Waals surface area (Å²) in [4.78, 5) is 22.7.